The minimum atomic E-state index is -0.291. The van der Waals surface area contributed by atoms with Crippen LogP contribution in [-0.4, -0.2) is 26.0 Å². The summed E-state index contributed by atoms with van der Waals surface area (Å²) in [6, 6.07) is 18.4. The van der Waals surface area contributed by atoms with Gasteiger partial charge < -0.3 is 16.0 Å². The van der Waals surface area contributed by atoms with E-state index in [-0.39, 0.29) is 6.03 Å². The first-order valence-electron chi connectivity index (χ1n) is 9.42. The molecule has 2 heterocycles. The van der Waals surface area contributed by atoms with E-state index in [1.165, 1.54) is 0 Å². The van der Waals surface area contributed by atoms with E-state index < -0.39 is 0 Å². The molecule has 2 aromatic carbocycles. The molecule has 0 saturated carbocycles. The van der Waals surface area contributed by atoms with Crippen LogP contribution in [0.4, 0.5) is 27.7 Å². The highest BCUT2D eigenvalue weighted by Crippen LogP contribution is 2.19. The maximum atomic E-state index is 12.2. The summed E-state index contributed by atoms with van der Waals surface area (Å²) in [5, 5.41) is 21.3. The molecule has 0 fully saturated rings. The Morgan fingerprint density at radius 3 is 2.17 bits per heavy atom. The van der Waals surface area contributed by atoms with Crippen LogP contribution >= 0.6 is 0 Å². The van der Waals surface area contributed by atoms with Crippen LogP contribution in [0.25, 0.3) is 5.82 Å². The highest BCUT2D eigenvalue weighted by atomic mass is 16.2. The zero-order valence-electron chi connectivity index (χ0n) is 16.6. The third kappa shape index (κ3) is 4.79. The van der Waals surface area contributed by atoms with Crippen LogP contribution in [0.15, 0.2) is 73.1 Å². The number of carbonyl (C=O) groups excluding carboxylic acids is 1. The largest absolute Gasteiger partial charge is 0.339 e. The van der Waals surface area contributed by atoms with Crippen molar-refractivity contribution in [1.82, 2.24) is 20.0 Å². The lowest BCUT2D eigenvalue weighted by atomic mass is 10.1. The van der Waals surface area contributed by atoms with Crippen molar-refractivity contribution in [1.29, 1.82) is 0 Å². The number of hydrogen-bond donors (Lipinski definition) is 3. The first kappa shape index (κ1) is 19.1. The fourth-order valence-electron chi connectivity index (χ4n) is 3.04. The van der Waals surface area contributed by atoms with Crippen LogP contribution < -0.4 is 16.0 Å². The van der Waals surface area contributed by atoms with Crippen LogP contribution in [0.1, 0.15) is 11.1 Å². The quantitative estimate of drug-likeness (QED) is 0.453. The number of rotatable bonds is 5. The predicted molar refractivity (Wildman–Crippen MR) is 117 cm³/mol. The smallest absolute Gasteiger partial charge is 0.323 e. The summed E-state index contributed by atoms with van der Waals surface area (Å²) in [6.07, 6.45) is 3.49. The van der Waals surface area contributed by atoms with Gasteiger partial charge in [-0.1, -0.05) is 6.07 Å². The van der Waals surface area contributed by atoms with Crippen LogP contribution in [0.3, 0.4) is 0 Å². The molecule has 4 aromatic rings. The molecule has 8 heteroatoms. The Morgan fingerprint density at radius 2 is 1.53 bits per heavy atom. The van der Waals surface area contributed by atoms with Crippen molar-refractivity contribution in [3.05, 3.63) is 84.2 Å². The Kier molecular flexibility index (Phi) is 5.38. The summed E-state index contributed by atoms with van der Waals surface area (Å²) in [5.41, 5.74) is 4.47. The van der Waals surface area contributed by atoms with E-state index >= 15 is 0 Å². The van der Waals surface area contributed by atoms with Crippen molar-refractivity contribution in [3.8, 4) is 5.82 Å². The third-order valence-corrected chi connectivity index (χ3v) is 4.28. The molecule has 2 amide bonds. The van der Waals surface area contributed by atoms with Gasteiger partial charge in [0.25, 0.3) is 0 Å². The summed E-state index contributed by atoms with van der Waals surface area (Å²) >= 11 is 0. The standard InChI is InChI=1S/C22H21N7O/c1-15-12-16(2)14-19(13-15)26-22(30)25-18-6-4-17(5-7-18)24-20-8-9-21(28-27-20)29-11-3-10-23-29/h3-14H,1-2H3,(H,24,27)(H2,25,26,30). The maximum Gasteiger partial charge on any atom is 0.323 e. The monoisotopic (exact) mass is 399 g/mol. The van der Waals surface area contributed by atoms with Crippen molar-refractivity contribution < 1.29 is 4.79 Å². The molecule has 0 aliphatic rings. The average molecular weight is 399 g/mol. The van der Waals surface area contributed by atoms with Crippen LogP contribution in [0.5, 0.6) is 0 Å². The van der Waals surface area contributed by atoms with Gasteiger partial charge in [0.1, 0.15) is 0 Å². The van der Waals surface area contributed by atoms with Gasteiger partial charge in [-0.25, -0.2) is 9.48 Å². The number of nitrogens with one attached hydrogen (secondary N) is 3. The highest BCUT2D eigenvalue weighted by molar-refractivity contribution is 5.99. The summed E-state index contributed by atoms with van der Waals surface area (Å²) in [6.45, 7) is 3.99. The molecule has 0 saturated heterocycles. The Labute approximate surface area is 174 Å². The van der Waals surface area contributed by atoms with Crippen LogP contribution in [0, 0.1) is 13.8 Å². The van der Waals surface area contributed by atoms with E-state index in [0.29, 0.717) is 17.3 Å². The number of aromatic nitrogens is 4. The fraction of sp³-hybridized carbons (Fsp3) is 0.0909. The van der Waals surface area contributed by atoms with E-state index in [0.717, 1.165) is 22.5 Å². The molecular weight excluding hydrogens is 378 g/mol. The molecule has 150 valence electrons. The number of carbonyl (C=O) groups is 1. The molecule has 8 nitrogen and oxygen atoms in total. The molecule has 4 rings (SSSR count). The van der Waals surface area contributed by atoms with Crippen molar-refractivity contribution in [2.45, 2.75) is 13.8 Å². The molecule has 0 atom stereocenters. The van der Waals surface area contributed by atoms with Gasteiger partial charge in [-0.15, -0.1) is 10.2 Å². The summed E-state index contributed by atoms with van der Waals surface area (Å²) in [7, 11) is 0. The number of urea groups is 1. The van der Waals surface area contributed by atoms with Crippen LogP contribution in [-0.2, 0) is 0 Å². The number of aryl methyl sites for hydroxylation is 2. The van der Waals surface area contributed by atoms with Gasteiger partial charge in [0, 0.05) is 29.5 Å². The highest BCUT2D eigenvalue weighted by Gasteiger charge is 2.05. The van der Waals surface area contributed by atoms with Gasteiger partial charge in [0.05, 0.1) is 0 Å². The molecular formula is C22H21N7O. The lowest BCUT2D eigenvalue weighted by Crippen LogP contribution is -2.19. The number of nitrogens with zero attached hydrogens (tertiary/aromatic N) is 4. The maximum absolute atomic E-state index is 12.2. The first-order valence-corrected chi connectivity index (χ1v) is 9.42. The summed E-state index contributed by atoms with van der Waals surface area (Å²) < 4.78 is 1.64. The third-order valence-electron chi connectivity index (χ3n) is 4.28. The van der Waals surface area contributed by atoms with Crippen molar-refractivity contribution in [2.24, 2.45) is 0 Å². The second-order valence-electron chi connectivity index (χ2n) is 6.89. The number of hydrogen-bond acceptors (Lipinski definition) is 5. The zero-order chi connectivity index (χ0) is 20.9. The van der Waals surface area contributed by atoms with Crippen LogP contribution in [0.2, 0.25) is 0 Å². The molecule has 3 N–H and O–H groups in total. The zero-order valence-corrected chi connectivity index (χ0v) is 16.6. The van der Waals surface area contributed by atoms with Crippen molar-refractivity contribution in [3.63, 3.8) is 0 Å². The van der Waals surface area contributed by atoms with E-state index in [9.17, 15) is 4.79 Å². The Morgan fingerprint density at radius 1 is 0.833 bits per heavy atom. The predicted octanol–water partition coefficient (Wildman–Crippen LogP) is 4.67. The molecule has 0 spiro atoms. The molecule has 0 aliphatic heterocycles. The topological polar surface area (TPSA) is 96.8 Å². The number of anilines is 4. The molecule has 2 aromatic heterocycles. The van der Waals surface area contributed by atoms with Gasteiger partial charge in [0.2, 0.25) is 0 Å². The Bertz CT molecular complexity index is 1120. The fourth-order valence-corrected chi connectivity index (χ4v) is 3.04. The molecule has 0 radical (unpaired) electrons. The van der Waals surface area contributed by atoms with Gasteiger partial charge in [-0.3, -0.25) is 0 Å². The van der Waals surface area contributed by atoms with E-state index in [1.54, 1.807) is 17.1 Å². The summed E-state index contributed by atoms with van der Waals surface area (Å²) in [5.74, 6) is 1.25. The normalized spacial score (nSPS) is 10.5. The molecule has 0 aliphatic carbocycles. The van der Waals surface area contributed by atoms with Gasteiger partial charge in [-0.05, 0) is 79.6 Å². The van der Waals surface area contributed by atoms with E-state index in [2.05, 4.69) is 37.3 Å². The van der Waals surface area contributed by atoms with Gasteiger partial charge in [0.15, 0.2) is 11.6 Å². The lowest BCUT2D eigenvalue weighted by molar-refractivity contribution is 0.262. The molecule has 30 heavy (non-hydrogen) atoms. The van der Waals surface area contributed by atoms with E-state index in [1.807, 2.05) is 68.4 Å². The van der Waals surface area contributed by atoms with E-state index in [4.69, 9.17) is 0 Å². The first-order chi connectivity index (χ1) is 14.5. The molecule has 0 unspecified atom stereocenters. The lowest BCUT2D eigenvalue weighted by Gasteiger charge is -2.10. The minimum Gasteiger partial charge on any atom is -0.339 e. The second-order valence-corrected chi connectivity index (χ2v) is 6.89. The Balaban J connectivity index is 1.35. The average Bonchev–Trinajstić information content (AvgIpc) is 3.24. The van der Waals surface area contributed by atoms with Gasteiger partial charge in [-0.2, -0.15) is 5.10 Å². The second kappa shape index (κ2) is 8.44. The van der Waals surface area contributed by atoms with Gasteiger partial charge >= 0.3 is 6.03 Å². The van der Waals surface area contributed by atoms with Crippen molar-refractivity contribution in [2.75, 3.05) is 16.0 Å². The molecule has 0 bridgehead atoms. The number of benzene rings is 2. The number of amides is 2. The van der Waals surface area contributed by atoms with Crippen molar-refractivity contribution >= 4 is 28.9 Å². The Hall–Kier alpha value is -4.20. The SMILES string of the molecule is Cc1cc(C)cc(NC(=O)Nc2ccc(Nc3ccc(-n4cccn4)nn3)cc2)c1. The summed E-state index contributed by atoms with van der Waals surface area (Å²) in [4.78, 5) is 12.2. The minimum absolute atomic E-state index is 0.291.